The van der Waals surface area contributed by atoms with Crippen molar-refractivity contribution in [3.63, 3.8) is 0 Å². The molecule has 0 aliphatic rings. The first-order chi connectivity index (χ1) is 9.79. The molecule has 0 saturated carbocycles. The van der Waals surface area contributed by atoms with Crippen LogP contribution in [0, 0.1) is 0 Å². The summed E-state index contributed by atoms with van der Waals surface area (Å²) in [5.41, 5.74) is 3.26. The number of benzene rings is 1. The van der Waals surface area contributed by atoms with Crippen molar-refractivity contribution in [1.29, 1.82) is 0 Å². The maximum absolute atomic E-state index is 6.24. The van der Waals surface area contributed by atoms with Gasteiger partial charge < -0.3 is 5.32 Å². The van der Waals surface area contributed by atoms with Gasteiger partial charge in [0.1, 0.15) is 0 Å². The van der Waals surface area contributed by atoms with Gasteiger partial charge in [-0.05, 0) is 25.1 Å². The van der Waals surface area contributed by atoms with E-state index < -0.39 is 0 Å². The monoisotopic (exact) mass is 286 g/mol. The summed E-state index contributed by atoms with van der Waals surface area (Å²) in [7, 11) is 1.95. The Hall–Kier alpha value is -1.91. The van der Waals surface area contributed by atoms with Crippen LogP contribution in [0.15, 0.2) is 49.1 Å². The van der Waals surface area contributed by atoms with Crippen LogP contribution < -0.4 is 5.32 Å². The van der Waals surface area contributed by atoms with Crippen molar-refractivity contribution in [1.82, 2.24) is 19.9 Å². The van der Waals surface area contributed by atoms with Crippen LogP contribution in [0.25, 0.3) is 5.52 Å². The van der Waals surface area contributed by atoms with Gasteiger partial charge in [-0.1, -0.05) is 29.8 Å². The van der Waals surface area contributed by atoms with E-state index in [1.165, 1.54) is 0 Å². The van der Waals surface area contributed by atoms with Gasteiger partial charge in [0.25, 0.3) is 0 Å². The molecule has 0 aliphatic heterocycles. The number of halogens is 1. The lowest BCUT2D eigenvalue weighted by molar-refractivity contribution is 0.596. The largest absolute Gasteiger partial charge is 0.313 e. The molecule has 5 heteroatoms. The highest BCUT2D eigenvalue weighted by molar-refractivity contribution is 6.31. The fourth-order valence-electron chi connectivity index (χ4n) is 2.37. The van der Waals surface area contributed by atoms with E-state index in [9.17, 15) is 0 Å². The van der Waals surface area contributed by atoms with Crippen molar-refractivity contribution in [2.24, 2.45) is 0 Å². The van der Waals surface area contributed by atoms with Crippen LogP contribution in [0.1, 0.15) is 17.2 Å². The second kappa shape index (κ2) is 5.61. The molecular weight excluding hydrogens is 272 g/mol. The lowest BCUT2D eigenvalue weighted by Crippen LogP contribution is -2.18. The second-order valence-electron chi connectivity index (χ2n) is 4.64. The van der Waals surface area contributed by atoms with Gasteiger partial charge in [-0.3, -0.25) is 4.98 Å². The smallest absolute Gasteiger partial charge is 0.0892 e. The Bertz CT molecular complexity index is 722. The van der Waals surface area contributed by atoms with E-state index in [4.69, 9.17) is 11.6 Å². The van der Waals surface area contributed by atoms with Crippen LogP contribution in [0.2, 0.25) is 5.02 Å². The predicted octanol–water partition coefficient (Wildman–Crippen LogP) is 2.89. The summed E-state index contributed by atoms with van der Waals surface area (Å²) in [5, 5.41) is 8.48. The van der Waals surface area contributed by atoms with E-state index in [2.05, 4.69) is 21.5 Å². The van der Waals surface area contributed by atoms with Crippen LogP contribution in [-0.4, -0.2) is 21.6 Å². The fraction of sp³-hybridized carbons (Fsp3) is 0.200. The number of aromatic nitrogens is 3. The average molecular weight is 287 g/mol. The van der Waals surface area contributed by atoms with Gasteiger partial charge in [-0.15, -0.1) is 0 Å². The van der Waals surface area contributed by atoms with Crippen LogP contribution in [-0.2, 0) is 6.42 Å². The van der Waals surface area contributed by atoms with Crippen molar-refractivity contribution in [3.8, 4) is 0 Å². The molecule has 2 heterocycles. The molecule has 4 nitrogen and oxygen atoms in total. The zero-order chi connectivity index (χ0) is 13.9. The second-order valence-corrected chi connectivity index (χ2v) is 5.05. The number of nitrogens with one attached hydrogen (secondary N) is 1. The lowest BCUT2D eigenvalue weighted by atomic mass is 10.0. The number of nitrogens with zero attached hydrogens (tertiary/aromatic N) is 3. The highest BCUT2D eigenvalue weighted by Crippen LogP contribution is 2.25. The third-order valence-corrected chi connectivity index (χ3v) is 3.83. The molecule has 2 aromatic heterocycles. The number of hydrogen-bond acceptors (Lipinski definition) is 3. The molecule has 0 saturated heterocycles. The Kier molecular flexibility index (Phi) is 3.67. The number of fused-ring (bicyclic) bond motifs is 1. The number of likely N-dealkylation sites (N-methyl/N-ethyl adjacent to an activating group) is 1. The van der Waals surface area contributed by atoms with Crippen molar-refractivity contribution in [2.75, 3.05) is 7.05 Å². The average Bonchev–Trinajstić information content (AvgIpc) is 2.90. The summed E-state index contributed by atoms with van der Waals surface area (Å²) < 4.78 is 1.83. The molecule has 0 bridgehead atoms. The minimum atomic E-state index is 0.150. The van der Waals surface area contributed by atoms with Gasteiger partial charge in [0.15, 0.2) is 0 Å². The quantitative estimate of drug-likeness (QED) is 0.802. The Balaban J connectivity index is 1.96. The van der Waals surface area contributed by atoms with Crippen LogP contribution >= 0.6 is 11.6 Å². The van der Waals surface area contributed by atoms with Gasteiger partial charge >= 0.3 is 0 Å². The summed E-state index contributed by atoms with van der Waals surface area (Å²) in [6.07, 6.45) is 8.11. The van der Waals surface area contributed by atoms with E-state index in [1.807, 2.05) is 48.4 Å². The minimum absolute atomic E-state index is 0.150. The van der Waals surface area contributed by atoms with Gasteiger partial charge in [-0.2, -0.15) is 5.10 Å². The molecule has 0 amide bonds. The molecule has 3 aromatic rings. The van der Waals surface area contributed by atoms with Crippen LogP contribution in [0.4, 0.5) is 0 Å². The summed E-state index contributed by atoms with van der Waals surface area (Å²) in [5.74, 6) is 0. The van der Waals surface area contributed by atoms with Crippen molar-refractivity contribution in [3.05, 3.63) is 65.2 Å². The van der Waals surface area contributed by atoms with Crippen LogP contribution in [0.3, 0.4) is 0 Å². The standard InChI is InChI=1S/C15H15ClN4/c1-17-14(8-11-4-2-3-5-13(11)16)12-9-19-20-7-6-18-10-15(12)20/h2-7,9-10,14,17H,8H2,1H3. The number of hydrogen-bond donors (Lipinski definition) is 1. The van der Waals surface area contributed by atoms with E-state index in [1.54, 1.807) is 6.20 Å². The van der Waals surface area contributed by atoms with E-state index in [0.29, 0.717) is 0 Å². The molecule has 3 rings (SSSR count). The zero-order valence-corrected chi connectivity index (χ0v) is 11.9. The highest BCUT2D eigenvalue weighted by atomic mass is 35.5. The zero-order valence-electron chi connectivity index (χ0n) is 11.1. The molecule has 1 unspecified atom stereocenters. The Morgan fingerprint density at radius 3 is 2.95 bits per heavy atom. The fourth-order valence-corrected chi connectivity index (χ4v) is 2.59. The first kappa shape index (κ1) is 13.1. The lowest BCUT2D eigenvalue weighted by Gasteiger charge is -2.16. The first-order valence-corrected chi connectivity index (χ1v) is 6.85. The summed E-state index contributed by atoms with van der Waals surface area (Å²) >= 11 is 6.24. The van der Waals surface area contributed by atoms with E-state index in [-0.39, 0.29) is 6.04 Å². The molecule has 1 aromatic carbocycles. The first-order valence-electron chi connectivity index (χ1n) is 6.47. The summed E-state index contributed by atoms with van der Waals surface area (Å²) in [6, 6.07) is 8.07. The Morgan fingerprint density at radius 2 is 2.15 bits per heavy atom. The molecular formula is C15H15ClN4. The Morgan fingerprint density at radius 1 is 1.30 bits per heavy atom. The van der Waals surface area contributed by atoms with Crippen molar-refractivity contribution >= 4 is 17.1 Å². The van der Waals surface area contributed by atoms with E-state index in [0.717, 1.165) is 28.1 Å². The van der Waals surface area contributed by atoms with Crippen molar-refractivity contribution < 1.29 is 0 Å². The summed E-state index contributed by atoms with van der Waals surface area (Å²) in [4.78, 5) is 4.17. The van der Waals surface area contributed by atoms with Crippen molar-refractivity contribution in [2.45, 2.75) is 12.5 Å². The number of rotatable bonds is 4. The van der Waals surface area contributed by atoms with Crippen LogP contribution in [0.5, 0.6) is 0 Å². The molecule has 20 heavy (non-hydrogen) atoms. The Labute approximate surface area is 122 Å². The molecule has 102 valence electrons. The SMILES string of the molecule is CNC(Cc1ccccc1Cl)c1cnn2ccncc12. The summed E-state index contributed by atoms with van der Waals surface area (Å²) in [6.45, 7) is 0. The predicted molar refractivity (Wildman–Crippen MR) is 79.9 cm³/mol. The molecule has 0 radical (unpaired) electrons. The van der Waals surface area contributed by atoms with Gasteiger partial charge in [0, 0.05) is 29.0 Å². The molecule has 0 fully saturated rings. The van der Waals surface area contributed by atoms with Gasteiger partial charge in [-0.25, -0.2) is 4.52 Å². The molecule has 1 N–H and O–H groups in total. The van der Waals surface area contributed by atoms with E-state index >= 15 is 0 Å². The molecule has 1 atom stereocenters. The third-order valence-electron chi connectivity index (χ3n) is 3.46. The molecule has 0 aliphatic carbocycles. The van der Waals surface area contributed by atoms with Gasteiger partial charge in [0.05, 0.1) is 17.9 Å². The van der Waals surface area contributed by atoms with Gasteiger partial charge in [0.2, 0.25) is 0 Å². The molecule has 0 spiro atoms. The third kappa shape index (κ3) is 2.40. The highest BCUT2D eigenvalue weighted by Gasteiger charge is 2.16. The normalized spacial score (nSPS) is 12.7. The maximum Gasteiger partial charge on any atom is 0.0892 e. The maximum atomic E-state index is 6.24. The topological polar surface area (TPSA) is 42.2 Å². The minimum Gasteiger partial charge on any atom is -0.313 e.